The minimum Gasteiger partial charge on any atom is -0.440 e. The van der Waals surface area contributed by atoms with Crippen LogP contribution in [0.15, 0.2) is 34.7 Å². The van der Waals surface area contributed by atoms with E-state index in [0.717, 1.165) is 28.5 Å². The summed E-state index contributed by atoms with van der Waals surface area (Å²) in [5.41, 5.74) is 8.60. The minimum atomic E-state index is 0.764. The number of benzene rings is 1. The molecule has 0 aliphatic carbocycles. The summed E-state index contributed by atoms with van der Waals surface area (Å²) in [7, 11) is 3.94. The molecule has 2 N–H and O–H groups in total. The SMILES string of the molecule is Cc1cc(-c2ccc(N)cc2)oc1N(C)C. The lowest BCUT2D eigenvalue weighted by molar-refractivity contribution is 0.577. The van der Waals surface area contributed by atoms with Crippen LogP contribution in [0.1, 0.15) is 5.56 Å². The van der Waals surface area contributed by atoms with Crippen molar-refractivity contribution in [3.8, 4) is 11.3 Å². The highest BCUT2D eigenvalue weighted by molar-refractivity contribution is 5.64. The van der Waals surface area contributed by atoms with E-state index < -0.39 is 0 Å². The molecule has 84 valence electrons. The van der Waals surface area contributed by atoms with Gasteiger partial charge in [0, 0.05) is 30.9 Å². The highest BCUT2D eigenvalue weighted by Crippen LogP contribution is 2.30. The standard InChI is InChI=1S/C13H16N2O/c1-9-8-12(16-13(9)15(2)3)10-4-6-11(14)7-5-10/h4-8H,14H2,1-3H3. The lowest BCUT2D eigenvalue weighted by Crippen LogP contribution is -2.08. The first kappa shape index (κ1) is 10.6. The van der Waals surface area contributed by atoms with Crippen molar-refractivity contribution in [1.82, 2.24) is 0 Å². The smallest absolute Gasteiger partial charge is 0.198 e. The fourth-order valence-corrected chi connectivity index (χ4v) is 1.71. The number of furan rings is 1. The molecule has 0 radical (unpaired) electrons. The van der Waals surface area contributed by atoms with Crippen molar-refractivity contribution >= 4 is 11.6 Å². The summed E-state index contributed by atoms with van der Waals surface area (Å²) in [5, 5.41) is 0. The van der Waals surface area contributed by atoms with E-state index in [2.05, 4.69) is 0 Å². The van der Waals surface area contributed by atoms with Gasteiger partial charge in [-0.05, 0) is 37.3 Å². The molecule has 0 bridgehead atoms. The van der Waals surface area contributed by atoms with Crippen LogP contribution in [0.5, 0.6) is 0 Å². The van der Waals surface area contributed by atoms with Crippen LogP contribution >= 0.6 is 0 Å². The lowest BCUT2D eigenvalue weighted by Gasteiger charge is -2.08. The van der Waals surface area contributed by atoms with Crippen LogP contribution in [0.4, 0.5) is 11.6 Å². The molecule has 2 aromatic rings. The largest absolute Gasteiger partial charge is 0.440 e. The monoisotopic (exact) mass is 216 g/mol. The number of hydrogen-bond acceptors (Lipinski definition) is 3. The average Bonchev–Trinajstić information content (AvgIpc) is 2.61. The highest BCUT2D eigenvalue weighted by Gasteiger charge is 2.10. The van der Waals surface area contributed by atoms with Crippen LogP contribution < -0.4 is 10.6 Å². The number of aryl methyl sites for hydroxylation is 1. The summed E-state index contributed by atoms with van der Waals surface area (Å²) in [5.74, 6) is 1.77. The maximum absolute atomic E-state index is 5.79. The Morgan fingerprint density at radius 3 is 2.25 bits per heavy atom. The van der Waals surface area contributed by atoms with Gasteiger partial charge in [0.05, 0.1) is 0 Å². The van der Waals surface area contributed by atoms with Crippen molar-refractivity contribution in [2.45, 2.75) is 6.92 Å². The first-order valence-corrected chi connectivity index (χ1v) is 5.21. The molecule has 0 aliphatic rings. The van der Waals surface area contributed by atoms with Gasteiger partial charge in [0.15, 0.2) is 5.88 Å². The van der Waals surface area contributed by atoms with Crippen molar-refractivity contribution in [2.75, 3.05) is 24.7 Å². The molecule has 0 spiro atoms. The third kappa shape index (κ3) is 1.89. The second-order valence-corrected chi connectivity index (χ2v) is 4.12. The van der Waals surface area contributed by atoms with E-state index in [4.69, 9.17) is 10.2 Å². The molecule has 1 aromatic heterocycles. The van der Waals surface area contributed by atoms with Gasteiger partial charge >= 0.3 is 0 Å². The number of anilines is 2. The number of nitrogens with zero attached hydrogens (tertiary/aromatic N) is 1. The Hall–Kier alpha value is -1.90. The van der Waals surface area contributed by atoms with E-state index in [1.807, 2.05) is 56.3 Å². The number of rotatable bonds is 2. The van der Waals surface area contributed by atoms with E-state index >= 15 is 0 Å². The Bertz CT molecular complexity index is 483. The molecule has 1 heterocycles. The van der Waals surface area contributed by atoms with Crippen LogP contribution in [0, 0.1) is 6.92 Å². The maximum Gasteiger partial charge on any atom is 0.198 e. The first-order chi connectivity index (χ1) is 7.58. The molecule has 3 nitrogen and oxygen atoms in total. The summed E-state index contributed by atoms with van der Waals surface area (Å²) in [6.45, 7) is 2.04. The molecule has 0 atom stereocenters. The van der Waals surface area contributed by atoms with E-state index in [1.165, 1.54) is 0 Å². The third-order valence-electron chi connectivity index (χ3n) is 2.49. The summed E-state index contributed by atoms with van der Waals surface area (Å²) >= 11 is 0. The van der Waals surface area contributed by atoms with E-state index in [1.54, 1.807) is 0 Å². The molecular weight excluding hydrogens is 200 g/mol. The van der Waals surface area contributed by atoms with E-state index in [9.17, 15) is 0 Å². The zero-order valence-electron chi connectivity index (χ0n) is 9.82. The van der Waals surface area contributed by atoms with Gasteiger partial charge in [-0.25, -0.2) is 0 Å². The lowest BCUT2D eigenvalue weighted by atomic mass is 10.1. The van der Waals surface area contributed by atoms with Gasteiger partial charge in [0.2, 0.25) is 0 Å². The summed E-state index contributed by atoms with van der Waals surface area (Å²) in [6.07, 6.45) is 0. The average molecular weight is 216 g/mol. The molecule has 0 saturated carbocycles. The molecular formula is C13H16N2O. The Labute approximate surface area is 95.5 Å². The first-order valence-electron chi connectivity index (χ1n) is 5.21. The van der Waals surface area contributed by atoms with Gasteiger partial charge in [0.1, 0.15) is 5.76 Å². The highest BCUT2D eigenvalue weighted by atomic mass is 16.4. The van der Waals surface area contributed by atoms with Crippen molar-refractivity contribution in [1.29, 1.82) is 0 Å². The predicted molar refractivity (Wildman–Crippen MR) is 67.6 cm³/mol. The third-order valence-corrected chi connectivity index (χ3v) is 2.49. The molecule has 16 heavy (non-hydrogen) atoms. The topological polar surface area (TPSA) is 42.4 Å². The van der Waals surface area contributed by atoms with E-state index in [0.29, 0.717) is 0 Å². The number of hydrogen-bond donors (Lipinski definition) is 1. The predicted octanol–water partition coefficient (Wildman–Crippen LogP) is 2.90. The molecule has 0 fully saturated rings. The molecule has 1 aromatic carbocycles. The van der Waals surface area contributed by atoms with E-state index in [-0.39, 0.29) is 0 Å². The summed E-state index contributed by atoms with van der Waals surface area (Å²) in [4.78, 5) is 1.97. The van der Waals surface area contributed by atoms with Gasteiger partial charge in [-0.15, -0.1) is 0 Å². The summed E-state index contributed by atoms with van der Waals surface area (Å²) < 4.78 is 5.79. The maximum atomic E-state index is 5.79. The van der Waals surface area contributed by atoms with Crippen LogP contribution in [0.3, 0.4) is 0 Å². The molecule has 0 saturated heterocycles. The fraction of sp³-hybridized carbons (Fsp3) is 0.231. The van der Waals surface area contributed by atoms with Crippen molar-refractivity contribution in [3.05, 3.63) is 35.9 Å². The Kier molecular flexibility index (Phi) is 2.60. The Morgan fingerprint density at radius 1 is 1.12 bits per heavy atom. The molecule has 2 rings (SSSR count). The second-order valence-electron chi connectivity index (χ2n) is 4.12. The molecule has 0 unspecified atom stereocenters. The minimum absolute atomic E-state index is 0.764. The van der Waals surface area contributed by atoms with Gasteiger partial charge in [-0.1, -0.05) is 0 Å². The van der Waals surface area contributed by atoms with Crippen molar-refractivity contribution in [3.63, 3.8) is 0 Å². The van der Waals surface area contributed by atoms with Gasteiger partial charge in [-0.2, -0.15) is 0 Å². The number of nitrogen functional groups attached to an aromatic ring is 1. The van der Waals surface area contributed by atoms with Gasteiger partial charge in [0.25, 0.3) is 0 Å². The zero-order valence-corrected chi connectivity index (χ0v) is 9.82. The molecule has 0 amide bonds. The summed E-state index contributed by atoms with van der Waals surface area (Å²) in [6, 6.07) is 9.73. The van der Waals surface area contributed by atoms with Crippen LogP contribution in [0.2, 0.25) is 0 Å². The van der Waals surface area contributed by atoms with Gasteiger partial charge < -0.3 is 15.1 Å². The normalized spacial score (nSPS) is 10.4. The fourth-order valence-electron chi connectivity index (χ4n) is 1.71. The van der Waals surface area contributed by atoms with Crippen LogP contribution in [-0.2, 0) is 0 Å². The Balaban J connectivity index is 2.41. The quantitative estimate of drug-likeness (QED) is 0.785. The van der Waals surface area contributed by atoms with Crippen LogP contribution in [-0.4, -0.2) is 14.1 Å². The zero-order chi connectivity index (χ0) is 11.7. The second kappa shape index (κ2) is 3.93. The van der Waals surface area contributed by atoms with Gasteiger partial charge in [-0.3, -0.25) is 0 Å². The van der Waals surface area contributed by atoms with Crippen molar-refractivity contribution < 1.29 is 4.42 Å². The van der Waals surface area contributed by atoms with Crippen LogP contribution in [0.25, 0.3) is 11.3 Å². The Morgan fingerprint density at radius 2 is 1.75 bits per heavy atom. The molecule has 0 aliphatic heterocycles. The van der Waals surface area contributed by atoms with Crippen molar-refractivity contribution in [2.24, 2.45) is 0 Å². The number of nitrogens with two attached hydrogens (primary N) is 1. The molecule has 3 heteroatoms.